The van der Waals surface area contributed by atoms with Crippen molar-refractivity contribution >= 4 is 23.2 Å². The second-order valence-electron chi connectivity index (χ2n) is 38.5. The quantitative estimate of drug-likeness (QED) is 0.0793. The number of hydrogen-bond acceptors (Lipinski definition) is 2. The summed E-state index contributed by atoms with van der Waals surface area (Å²) in [5.41, 5.74) is 11.2. The Kier molecular flexibility index (Phi) is 67.6. The number of thioether (sulfide) groups is 1. The van der Waals surface area contributed by atoms with Crippen LogP contribution in [-0.4, -0.2) is 17.9 Å². The van der Waals surface area contributed by atoms with Gasteiger partial charge in [-0.1, -0.05) is 365 Å². The van der Waals surface area contributed by atoms with Crippen LogP contribution in [0.25, 0.3) is 5.57 Å². The number of primary amides is 1. The maximum Gasteiger partial charge on any atom is 0.217 e. The van der Waals surface area contributed by atoms with Crippen molar-refractivity contribution in [2.24, 2.45) is 177 Å². The number of rotatable bonds is 32. The van der Waals surface area contributed by atoms with Gasteiger partial charge >= 0.3 is 0 Å². The van der Waals surface area contributed by atoms with Crippen LogP contribution in [0, 0.1) is 172 Å². The van der Waals surface area contributed by atoms with Crippen molar-refractivity contribution in [1.29, 1.82) is 0 Å². The highest BCUT2D eigenvalue weighted by Gasteiger charge is 2.26. The smallest absolute Gasteiger partial charge is 0.217 e. The minimum Gasteiger partial charge on any atom is -0.370 e. The lowest BCUT2D eigenvalue weighted by Gasteiger charge is -2.30. The molecule has 0 radical (unpaired) electrons. The monoisotopic (exact) mass is 1420 g/mol. The van der Waals surface area contributed by atoms with Gasteiger partial charge in [-0.2, -0.15) is 11.8 Å². The number of hydrogen-bond donors (Lipinski definition) is 1. The van der Waals surface area contributed by atoms with Gasteiger partial charge in [0.1, 0.15) is 0 Å². The number of nitrogens with two attached hydrogens (primary N) is 1. The zero-order valence-electron chi connectivity index (χ0n) is 76.8. The zero-order valence-corrected chi connectivity index (χ0v) is 77.6. The summed E-state index contributed by atoms with van der Waals surface area (Å²) < 4.78 is 0. The van der Waals surface area contributed by atoms with E-state index in [2.05, 4.69) is 365 Å². The largest absolute Gasteiger partial charge is 0.370 e. The second-order valence-corrected chi connectivity index (χ2v) is 39.4. The fourth-order valence-electron chi connectivity index (χ4n) is 16.6. The van der Waals surface area contributed by atoms with Gasteiger partial charge in [-0.3, -0.25) is 4.79 Å². The SMILES string of the molecule is CC(C)C(C(C)C)C(C)C.CC(C)C(C)C(C)C.CC(C)C(CC(N)=O)C(C)C.CC(C)C(CC1=CCc2ccccc21)C(C)C.CC(C)C(Cc1ccccc1)C(C)C.CC(C)CC(C(C)C)C(C)C.CC(C)CC(C)C.CCC(C)C(C(C)C)C(C)C.CSCCC(C(C)C)C(C)C. The van der Waals surface area contributed by atoms with Crippen LogP contribution in [0.5, 0.6) is 0 Å². The number of amides is 1. The van der Waals surface area contributed by atoms with Crippen LogP contribution in [0.15, 0.2) is 60.7 Å². The summed E-state index contributed by atoms with van der Waals surface area (Å²) in [4.78, 5) is 10.6. The maximum atomic E-state index is 10.6. The lowest BCUT2D eigenvalue weighted by Crippen LogP contribution is -2.23. The molecule has 1 aliphatic rings. The summed E-state index contributed by atoms with van der Waals surface area (Å²) >= 11 is 1.96. The Bertz CT molecular complexity index is 2040. The van der Waals surface area contributed by atoms with Crippen LogP contribution < -0.4 is 5.73 Å². The van der Waals surface area contributed by atoms with Gasteiger partial charge in [0, 0.05) is 6.42 Å². The van der Waals surface area contributed by atoms with Gasteiger partial charge in [0.2, 0.25) is 5.91 Å². The van der Waals surface area contributed by atoms with Crippen molar-refractivity contribution < 1.29 is 4.79 Å². The van der Waals surface area contributed by atoms with E-state index in [4.69, 9.17) is 5.73 Å². The number of benzene rings is 2. The summed E-state index contributed by atoms with van der Waals surface area (Å²) in [7, 11) is 0. The topological polar surface area (TPSA) is 43.1 Å². The summed E-state index contributed by atoms with van der Waals surface area (Å²) in [5.74, 6) is 24.6. The molecule has 596 valence electrons. The lowest BCUT2D eigenvalue weighted by molar-refractivity contribution is -0.119. The Morgan fingerprint density at radius 3 is 0.930 bits per heavy atom. The zero-order chi connectivity index (χ0) is 79.8. The maximum absolute atomic E-state index is 10.6. The second kappa shape index (κ2) is 62.1. The Morgan fingerprint density at radius 1 is 0.370 bits per heavy atom. The highest BCUT2D eigenvalue weighted by molar-refractivity contribution is 7.98. The fourth-order valence-corrected chi connectivity index (χ4v) is 17.1. The van der Waals surface area contributed by atoms with Crippen LogP contribution in [0.3, 0.4) is 0 Å². The van der Waals surface area contributed by atoms with Crippen molar-refractivity contribution in [3.8, 4) is 0 Å². The normalized spacial score (nSPS) is 12.7. The molecule has 1 amide bonds. The fraction of sp³-hybridized carbons (Fsp3) is 0.845. The molecule has 2 N–H and O–H groups in total. The first-order valence-corrected chi connectivity index (χ1v) is 43.8. The van der Waals surface area contributed by atoms with Crippen LogP contribution in [0.4, 0.5) is 0 Å². The molecule has 0 saturated heterocycles. The molecule has 0 spiro atoms. The first-order chi connectivity index (χ1) is 45.8. The number of allylic oxidation sites excluding steroid dienone is 2. The van der Waals surface area contributed by atoms with Crippen molar-refractivity contribution in [2.75, 3.05) is 12.0 Å². The van der Waals surface area contributed by atoms with E-state index < -0.39 is 0 Å². The van der Waals surface area contributed by atoms with Crippen LogP contribution in [-0.2, 0) is 17.6 Å². The summed E-state index contributed by atoms with van der Waals surface area (Å²) in [6.07, 6.45) is 14.2. The molecule has 0 fully saturated rings. The highest BCUT2D eigenvalue weighted by Crippen LogP contribution is 2.37. The minimum absolute atomic E-state index is 0.183. The molecule has 1 aliphatic carbocycles. The molecule has 0 bridgehead atoms. The predicted molar refractivity (Wildman–Crippen MR) is 469 cm³/mol. The van der Waals surface area contributed by atoms with E-state index >= 15 is 0 Å². The summed E-state index contributed by atoms with van der Waals surface area (Å²) in [5, 5.41) is 0. The minimum atomic E-state index is -0.183. The van der Waals surface area contributed by atoms with Gasteiger partial charge in [0.15, 0.2) is 0 Å². The van der Waals surface area contributed by atoms with E-state index in [1.165, 1.54) is 61.0 Å². The van der Waals surface area contributed by atoms with Crippen molar-refractivity contribution in [1.82, 2.24) is 0 Å². The van der Waals surface area contributed by atoms with Crippen molar-refractivity contribution in [3.05, 3.63) is 77.4 Å². The number of carbonyl (C=O) groups excluding carboxylic acids is 1. The molecule has 0 heterocycles. The molecular formula is C97H191NOS. The van der Waals surface area contributed by atoms with Gasteiger partial charge in [-0.05, 0) is 244 Å². The third-order valence-electron chi connectivity index (χ3n) is 22.3. The highest BCUT2D eigenvalue weighted by atomic mass is 32.2. The summed E-state index contributed by atoms with van der Waals surface area (Å²) in [6, 6.07) is 19.7. The third-order valence-corrected chi connectivity index (χ3v) is 22.9. The molecule has 0 saturated carbocycles. The van der Waals surface area contributed by atoms with Gasteiger partial charge in [0.05, 0.1) is 0 Å². The van der Waals surface area contributed by atoms with E-state index in [1.54, 1.807) is 5.57 Å². The molecule has 3 heteroatoms. The average Bonchev–Trinajstić information content (AvgIpc) is 1.68. The Morgan fingerprint density at radius 2 is 0.700 bits per heavy atom. The van der Waals surface area contributed by atoms with E-state index in [9.17, 15) is 4.79 Å². The van der Waals surface area contributed by atoms with Gasteiger partial charge in [0.25, 0.3) is 0 Å². The number of carbonyl (C=O) groups is 1. The van der Waals surface area contributed by atoms with E-state index in [-0.39, 0.29) is 5.91 Å². The van der Waals surface area contributed by atoms with E-state index in [0.29, 0.717) is 24.2 Å². The molecule has 1 atom stereocenters. The van der Waals surface area contributed by atoms with Gasteiger partial charge in [-0.15, -0.1) is 0 Å². The molecule has 100 heavy (non-hydrogen) atoms. The van der Waals surface area contributed by atoms with Crippen LogP contribution in [0.1, 0.15) is 353 Å². The van der Waals surface area contributed by atoms with E-state index in [1.807, 2.05) is 11.8 Å². The molecule has 2 aromatic carbocycles. The Hall–Kier alpha value is -2.00. The van der Waals surface area contributed by atoms with Crippen molar-refractivity contribution in [3.63, 3.8) is 0 Å². The number of fused-ring (bicyclic) bond motifs is 1. The van der Waals surface area contributed by atoms with Gasteiger partial charge in [-0.25, -0.2) is 0 Å². The Balaban J connectivity index is -0.000000251. The Labute approximate surface area is 639 Å². The molecule has 2 aromatic rings. The summed E-state index contributed by atoms with van der Waals surface area (Å²) in [6.45, 7) is 99.1. The molecular weight excluding hydrogens is 1230 g/mol. The van der Waals surface area contributed by atoms with Crippen LogP contribution in [0.2, 0.25) is 0 Å². The average molecular weight is 1420 g/mol. The molecule has 1 unspecified atom stereocenters. The molecule has 2 nitrogen and oxygen atoms in total. The lowest BCUT2D eigenvalue weighted by atomic mass is 9.76. The third kappa shape index (κ3) is 56.3. The molecule has 3 rings (SSSR count). The first kappa shape index (κ1) is 109. The van der Waals surface area contributed by atoms with Crippen LogP contribution >= 0.6 is 11.8 Å². The molecule has 0 aliphatic heterocycles. The van der Waals surface area contributed by atoms with E-state index in [0.717, 1.165) is 160 Å². The standard InChI is InChI=1S/C17H24.C14H22.2C11H24.C10H22S.C10H22.C9H19NO.C8H18.C7H16/c1-12(2)17(13(3)4)11-15-10-9-14-7-5-6-8-16(14)15;1-11(2)14(12(3)4)10-13-8-6-5-7-9-13;1-8(2)7-11(9(3)4)10(5)6;1-7-10(6)11(8(2)3)9(4)5;1-8(2)10(9(3)4)6-7-11-5;1-7(2)10(8(3)4)9(5)6;1-6(2)8(7(3)4)5-9(10)11;1-6(2)8(5)7(3)4;1-6(2)5-7(3)4/h5-8,10,12-13,17H,9,11H2,1-4H3;5-9,11-12,14H,10H2,1-4H3;2*8-11H,7H2,1-6H3;8-10H,6-7H2,1-5H3;7-10H,1-6H3;6-8H,5H2,1-4H3,(H2,10,11);6-8H,1-5H3;6-7H,5H2,1-4H3. The first-order valence-electron chi connectivity index (χ1n) is 42.4. The van der Waals surface area contributed by atoms with Crippen molar-refractivity contribution in [2.45, 2.75) is 349 Å². The molecule has 0 aromatic heterocycles. The predicted octanol–water partition coefficient (Wildman–Crippen LogP) is 31.7. The van der Waals surface area contributed by atoms with Gasteiger partial charge < -0.3 is 5.73 Å².